The van der Waals surface area contributed by atoms with Gasteiger partial charge >= 0.3 is 4.87 Å². The lowest BCUT2D eigenvalue weighted by atomic mass is 10.1. The molecule has 0 unspecified atom stereocenters. The Balaban J connectivity index is 1.56. The fourth-order valence-corrected chi connectivity index (χ4v) is 4.13. The summed E-state index contributed by atoms with van der Waals surface area (Å²) >= 11 is 1.16. The number of fused-ring (bicyclic) bond motifs is 2. The molecule has 4 rings (SSSR count). The Hall–Kier alpha value is -3.12. The van der Waals surface area contributed by atoms with E-state index in [-0.39, 0.29) is 10.8 Å². The van der Waals surface area contributed by atoms with Crippen molar-refractivity contribution in [2.75, 3.05) is 5.32 Å². The van der Waals surface area contributed by atoms with Gasteiger partial charge in [0.05, 0.1) is 10.2 Å². The fraction of sp³-hybridized carbons (Fsp3) is 0.182. The number of amides is 1. The molecule has 0 bridgehead atoms. The first-order valence-corrected chi connectivity index (χ1v) is 9.93. The van der Waals surface area contributed by atoms with E-state index < -0.39 is 6.10 Å². The van der Waals surface area contributed by atoms with E-state index in [1.807, 2.05) is 61.5 Å². The average molecular weight is 392 g/mol. The van der Waals surface area contributed by atoms with E-state index in [1.165, 1.54) is 0 Å². The van der Waals surface area contributed by atoms with Gasteiger partial charge in [0.2, 0.25) is 0 Å². The van der Waals surface area contributed by atoms with Gasteiger partial charge in [0, 0.05) is 18.1 Å². The monoisotopic (exact) mass is 392 g/mol. The van der Waals surface area contributed by atoms with E-state index in [2.05, 4.69) is 5.32 Å². The molecule has 1 aromatic heterocycles. The molecule has 0 fully saturated rings. The molecular formula is C22H20N2O3S. The molecule has 5 nitrogen and oxygen atoms in total. The summed E-state index contributed by atoms with van der Waals surface area (Å²) < 4.78 is 8.50. The molecule has 0 aliphatic rings. The topological polar surface area (TPSA) is 60.3 Å². The van der Waals surface area contributed by atoms with Crippen molar-refractivity contribution in [3.63, 3.8) is 0 Å². The average Bonchev–Trinajstić information content (AvgIpc) is 2.99. The highest BCUT2D eigenvalue weighted by atomic mass is 32.1. The van der Waals surface area contributed by atoms with Crippen molar-refractivity contribution < 1.29 is 9.53 Å². The molecule has 0 saturated heterocycles. The Labute approximate surface area is 166 Å². The number of carbonyl (C=O) groups excluding carboxylic acids is 1. The molecular weight excluding hydrogens is 372 g/mol. The summed E-state index contributed by atoms with van der Waals surface area (Å²) in [5.41, 5.74) is 1.51. The van der Waals surface area contributed by atoms with Crippen LogP contribution in [0.25, 0.3) is 21.0 Å². The summed E-state index contributed by atoms with van der Waals surface area (Å²) in [4.78, 5) is 24.6. The zero-order valence-corrected chi connectivity index (χ0v) is 16.5. The Morgan fingerprint density at radius 1 is 1.14 bits per heavy atom. The number of thiazole rings is 1. The number of nitrogens with zero attached hydrogens (tertiary/aromatic N) is 1. The molecule has 0 spiro atoms. The zero-order valence-electron chi connectivity index (χ0n) is 15.6. The summed E-state index contributed by atoms with van der Waals surface area (Å²) in [5.74, 6) is 0.481. The number of benzene rings is 3. The SMILES string of the molecule is CC[C@H](Oc1cccc2ccccc12)C(=O)Nc1ccc2c(c1)sc(=O)n2C. The normalized spacial score (nSPS) is 12.2. The molecule has 4 aromatic rings. The van der Waals surface area contributed by atoms with Crippen molar-refractivity contribution >= 4 is 43.9 Å². The van der Waals surface area contributed by atoms with Crippen LogP contribution in [0, 0.1) is 0 Å². The minimum absolute atomic E-state index is 0.0239. The van der Waals surface area contributed by atoms with E-state index >= 15 is 0 Å². The fourth-order valence-electron chi connectivity index (χ4n) is 3.21. The summed E-state index contributed by atoms with van der Waals surface area (Å²) in [6.45, 7) is 1.92. The van der Waals surface area contributed by atoms with Crippen molar-refractivity contribution in [3.05, 3.63) is 70.3 Å². The maximum Gasteiger partial charge on any atom is 0.307 e. The van der Waals surface area contributed by atoms with Gasteiger partial charge in [-0.1, -0.05) is 54.7 Å². The molecule has 0 saturated carbocycles. The zero-order chi connectivity index (χ0) is 19.7. The predicted molar refractivity (Wildman–Crippen MR) is 114 cm³/mol. The first-order chi connectivity index (χ1) is 13.6. The van der Waals surface area contributed by atoms with E-state index in [9.17, 15) is 9.59 Å². The lowest BCUT2D eigenvalue weighted by molar-refractivity contribution is -0.122. The molecule has 0 aliphatic carbocycles. The molecule has 3 aromatic carbocycles. The quantitative estimate of drug-likeness (QED) is 0.542. The van der Waals surface area contributed by atoms with Crippen LogP contribution in [0.5, 0.6) is 5.75 Å². The van der Waals surface area contributed by atoms with Gasteiger partial charge in [-0.15, -0.1) is 0 Å². The predicted octanol–water partition coefficient (Wildman–Crippen LogP) is 4.55. The molecule has 142 valence electrons. The number of aromatic nitrogens is 1. The van der Waals surface area contributed by atoms with Crippen molar-refractivity contribution in [3.8, 4) is 5.75 Å². The van der Waals surface area contributed by atoms with Gasteiger partial charge in [0.25, 0.3) is 5.91 Å². The minimum Gasteiger partial charge on any atom is -0.480 e. The number of hydrogen-bond acceptors (Lipinski definition) is 4. The summed E-state index contributed by atoms with van der Waals surface area (Å²) in [5, 5.41) is 4.96. The van der Waals surface area contributed by atoms with Crippen LogP contribution in [-0.2, 0) is 11.8 Å². The molecule has 1 N–H and O–H groups in total. The molecule has 28 heavy (non-hydrogen) atoms. The second-order valence-corrected chi connectivity index (χ2v) is 7.58. The molecule has 1 atom stereocenters. The second-order valence-electron chi connectivity index (χ2n) is 6.59. The third-order valence-corrected chi connectivity index (χ3v) is 5.74. The van der Waals surface area contributed by atoms with Crippen LogP contribution in [0.3, 0.4) is 0 Å². The van der Waals surface area contributed by atoms with E-state index in [0.717, 1.165) is 32.3 Å². The van der Waals surface area contributed by atoms with Gasteiger partial charge in [0.1, 0.15) is 5.75 Å². The summed E-state index contributed by atoms with van der Waals surface area (Å²) in [7, 11) is 1.74. The van der Waals surface area contributed by atoms with E-state index in [1.54, 1.807) is 17.7 Å². The third-order valence-electron chi connectivity index (χ3n) is 4.74. The second kappa shape index (κ2) is 7.48. The van der Waals surface area contributed by atoms with Crippen LogP contribution < -0.4 is 14.9 Å². The van der Waals surface area contributed by atoms with Crippen molar-refractivity contribution in [1.29, 1.82) is 0 Å². The highest BCUT2D eigenvalue weighted by Gasteiger charge is 2.20. The highest BCUT2D eigenvalue weighted by Crippen LogP contribution is 2.27. The Morgan fingerprint density at radius 2 is 1.93 bits per heavy atom. The van der Waals surface area contributed by atoms with E-state index in [4.69, 9.17) is 4.74 Å². The summed E-state index contributed by atoms with van der Waals surface area (Å²) in [6.07, 6.45) is -0.0771. The van der Waals surface area contributed by atoms with E-state index in [0.29, 0.717) is 17.9 Å². The molecule has 6 heteroatoms. The van der Waals surface area contributed by atoms with Crippen molar-refractivity contribution in [1.82, 2.24) is 4.57 Å². The molecule has 1 amide bonds. The first-order valence-electron chi connectivity index (χ1n) is 9.11. The van der Waals surface area contributed by atoms with Crippen LogP contribution >= 0.6 is 11.3 Å². The van der Waals surface area contributed by atoms with Gasteiger partial charge in [0.15, 0.2) is 6.10 Å². The Bertz CT molecular complexity index is 1220. The van der Waals surface area contributed by atoms with Gasteiger partial charge in [-0.05, 0) is 36.1 Å². The number of aryl methyl sites for hydroxylation is 1. The van der Waals surface area contributed by atoms with Crippen molar-refractivity contribution in [2.24, 2.45) is 7.05 Å². The number of anilines is 1. The largest absolute Gasteiger partial charge is 0.480 e. The van der Waals surface area contributed by atoms with Gasteiger partial charge in [-0.2, -0.15) is 0 Å². The van der Waals surface area contributed by atoms with Gasteiger partial charge in [-0.3, -0.25) is 9.59 Å². The lowest BCUT2D eigenvalue weighted by Gasteiger charge is -2.18. The third kappa shape index (κ3) is 3.39. The maximum absolute atomic E-state index is 12.8. The van der Waals surface area contributed by atoms with Crippen molar-refractivity contribution in [2.45, 2.75) is 19.4 Å². The van der Waals surface area contributed by atoms with Crippen LogP contribution in [0.2, 0.25) is 0 Å². The van der Waals surface area contributed by atoms with Crippen LogP contribution in [0.4, 0.5) is 5.69 Å². The smallest absolute Gasteiger partial charge is 0.307 e. The Morgan fingerprint density at radius 3 is 2.75 bits per heavy atom. The highest BCUT2D eigenvalue weighted by molar-refractivity contribution is 7.16. The number of carbonyl (C=O) groups is 1. The maximum atomic E-state index is 12.8. The van der Waals surface area contributed by atoms with Crippen LogP contribution in [-0.4, -0.2) is 16.6 Å². The number of ether oxygens (including phenoxy) is 1. The number of rotatable bonds is 5. The number of hydrogen-bond donors (Lipinski definition) is 1. The van der Waals surface area contributed by atoms with Gasteiger partial charge in [-0.25, -0.2) is 0 Å². The number of nitrogens with one attached hydrogen (secondary N) is 1. The first kappa shape index (κ1) is 18.3. The summed E-state index contributed by atoms with van der Waals surface area (Å²) in [6, 6.07) is 19.2. The molecule has 0 radical (unpaired) electrons. The molecule has 1 heterocycles. The Kier molecular flexibility index (Phi) is 4.88. The lowest BCUT2D eigenvalue weighted by Crippen LogP contribution is -2.32. The minimum atomic E-state index is -0.615. The standard InChI is InChI=1S/C22H20N2O3S/c1-3-18(27-19-10-6-8-14-7-4-5-9-16(14)19)21(25)23-15-11-12-17-20(13-15)28-22(26)24(17)2/h4-13,18H,3H2,1-2H3,(H,23,25)/t18-/m0/s1. The molecule has 0 aliphatic heterocycles. The van der Waals surface area contributed by atoms with Crippen LogP contribution in [0.15, 0.2) is 65.5 Å². The van der Waals surface area contributed by atoms with Gasteiger partial charge < -0.3 is 14.6 Å². The van der Waals surface area contributed by atoms with Crippen LogP contribution in [0.1, 0.15) is 13.3 Å².